The number of rotatable bonds is 6. The van der Waals surface area contributed by atoms with E-state index in [9.17, 15) is 4.39 Å². The van der Waals surface area contributed by atoms with E-state index < -0.39 is 0 Å². The minimum Gasteiger partial charge on any atom is -0.488 e. The van der Waals surface area contributed by atoms with E-state index >= 15 is 0 Å². The standard InChI is InChI=1S/C18H23FN4O/c1-13(2)24-17-8-7-14(10-16(17)19)11-22-18(20-3)23-12-15-6-4-5-9-21-15/h4-10,13H,11-12H2,1-3H3,(H2,20,22,23). The van der Waals surface area contributed by atoms with Gasteiger partial charge in [-0.3, -0.25) is 9.98 Å². The van der Waals surface area contributed by atoms with E-state index in [1.807, 2.05) is 38.1 Å². The number of guanidine groups is 1. The Kier molecular flexibility index (Phi) is 6.54. The average Bonchev–Trinajstić information content (AvgIpc) is 2.58. The van der Waals surface area contributed by atoms with Gasteiger partial charge >= 0.3 is 0 Å². The van der Waals surface area contributed by atoms with Crippen molar-refractivity contribution in [3.8, 4) is 5.75 Å². The molecule has 1 aromatic heterocycles. The SMILES string of the molecule is CN=C(NCc1ccc(OC(C)C)c(F)c1)NCc1ccccn1. The van der Waals surface area contributed by atoms with Crippen molar-refractivity contribution in [3.63, 3.8) is 0 Å². The molecule has 2 aromatic rings. The molecule has 0 spiro atoms. The van der Waals surface area contributed by atoms with Gasteiger partial charge in [-0.2, -0.15) is 0 Å². The highest BCUT2D eigenvalue weighted by Gasteiger charge is 2.07. The Morgan fingerprint density at radius 2 is 2.00 bits per heavy atom. The fraction of sp³-hybridized carbons (Fsp3) is 0.333. The van der Waals surface area contributed by atoms with Crippen molar-refractivity contribution >= 4 is 5.96 Å². The van der Waals surface area contributed by atoms with Gasteiger partial charge in [-0.05, 0) is 43.7 Å². The molecule has 6 heteroatoms. The second kappa shape index (κ2) is 8.86. The monoisotopic (exact) mass is 330 g/mol. The third kappa shape index (κ3) is 5.53. The molecule has 0 fully saturated rings. The molecule has 24 heavy (non-hydrogen) atoms. The summed E-state index contributed by atoms with van der Waals surface area (Å²) in [4.78, 5) is 8.39. The highest BCUT2D eigenvalue weighted by atomic mass is 19.1. The first-order valence-corrected chi connectivity index (χ1v) is 7.88. The van der Waals surface area contributed by atoms with Crippen LogP contribution in [0, 0.1) is 5.82 Å². The topological polar surface area (TPSA) is 58.5 Å². The summed E-state index contributed by atoms with van der Waals surface area (Å²) < 4.78 is 19.4. The highest BCUT2D eigenvalue weighted by molar-refractivity contribution is 5.79. The summed E-state index contributed by atoms with van der Waals surface area (Å²) >= 11 is 0. The first-order valence-electron chi connectivity index (χ1n) is 7.88. The zero-order valence-electron chi connectivity index (χ0n) is 14.2. The van der Waals surface area contributed by atoms with Crippen LogP contribution >= 0.6 is 0 Å². The Labute approximate surface area is 142 Å². The van der Waals surface area contributed by atoms with Gasteiger partial charge in [-0.1, -0.05) is 12.1 Å². The first kappa shape index (κ1) is 17.7. The molecule has 0 saturated heterocycles. The number of pyridine rings is 1. The molecule has 0 aliphatic heterocycles. The second-order valence-corrected chi connectivity index (χ2v) is 5.53. The van der Waals surface area contributed by atoms with Gasteiger partial charge in [0.15, 0.2) is 17.5 Å². The lowest BCUT2D eigenvalue weighted by molar-refractivity contribution is 0.231. The van der Waals surface area contributed by atoms with Crippen molar-refractivity contribution in [1.29, 1.82) is 0 Å². The fourth-order valence-corrected chi connectivity index (χ4v) is 2.09. The summed E-state index contributed by atoms with van der Waals surface area (Å²) in [7, 11) is 1.69. The van der Waals surface area contributed by atoms with Gasteiger partial charge in [0, 0.05) is 19.8 Å². The molecule has 0 bridgehead atoms. The number of hydrogen-bond donors (Lipinski definition) is 2. The van der Waals surface area contributed by atoms with Crippen LogP contribution in [-0.2, 0) is 13.1 Å². The van der Waals surface area contributed by atoms with E-state index in [1.165, 1.54) is 6.07 Å². The van der Waals surface area contributed by atoms with Crippen molar-refractivity contribution < 1.29 is 9.13 Å². The van der Waals surface area contributed by atoms with Crippen molar-refractivity contribution in [1.82, 2.24) is 15.6 Å². The van der Waals surface area contributed by atoms with Crippen LogP contribution in [0.15, 0.2) is 47.6 Å². The van der Waals surface area contributed by atoms with E-state index in [2.05, 4.69) is 20.6 Å². The normalized spacial score (nSPS) is 11.5. The van der Waals surface area contributed by atoms with E-state index in [0.29, 0.717) is 19.0 Å². The van der Waals surface area contributed by atoms with Gasteiger partial charge in [-0.25, -0.2) is 4.39 Å². The number of halogens is 1. The van der Waals surface area contributed by atoms with Crippen LogP contribution in [0.2, 0.25) is 0 Å². The van der Waals surface area contributed by atoms with Gasteiger partial charge < -0.3 is 15.4 Å². The molecule has 2 N–H and O–H groups in total. The van der Waals surface area contributed by atoms with Crippen LogP contribution in [0.25, 0.3) is 0 Å². The average molecular weight is 330 g/mol. The van der Waals surface area contributed by atoms with Gasteiger partial charge in [-0.15, -0.1) is 0 Å². The maximum Gasteiger partial charge on any atom is 0.191 e. The number of aromatic nitrogens is 1. The maximum atomic E-state index is 14.0. The number of nitrogens with zero attached hydrogens (tertiary/aromatic N) is 2. The first-order chi connectivity index (χ1) is 11.6. The Balaban J connectivity index is 1.88. The second-order valence-electron chi connectivity index (χ2n) is 5.53. The minimum atomic E-state index is -0.362. The molecular weight excluding hydrogens is 307 g/mol. The summed E-state index contributed by atoms with van der Waals surface area (Å²) in [6.45, 7) is 4.76. The zero-order valence-corrected chi connectivity index (χ0v) is 14.2. The maximum absolute atomic E-state index is 14.0. The molecule has 0 radical (unpaired) electrons. The Hall–Kier alpha value is -2.63. The van der Waals surface area contributed by atoms with Crippen LogP contribution < -0.4 is 15.4 Å². The fourth-order valence-electron chi connectivity index (χ4n) is 2.09. The zero-order chi connectivity index (χ0) is 17.4. The molecule has 5 nitrogen and oxygen atoms in total. The van der Waals surface area contributed by atoms with E-state index in [-0.39, 0.29) is 17.7 Å². The summed E-state index contributed by atoms with van der Waals surface area (Å²) in [6.07, 6.45) is 1.69. The number of aliphatic imine (C=N–C) groups is 1. The highest BCUT2D eigenvalue weighted by Crippen LogP contribution is 2.19. The Morgan fingerprint density at radius 1 is 1.21 bits per heavy atom. The van der Waals surface area contributed by atoms with Gasteiger partial charge in [0.2, 0.25) is 0 Å². The van der Waals surface area contributed by atoms with Gasteiger partial charge in [0.05, 0.1) is 18.3 Å². The minimum absolute atomic E-state index is 0.0573. The van der Waals surface area contributed by atoms with Crippen LogP contribution in [0.4, 0.5) is 4.39 Å². The molecule has 0 saturated carbocycles. The smallest absolute Gasteiger partial charge is 0.191 e. The Morgan fingerprint density at radius 3 is 2.62 bits per heavy atom. The summed E-state index contributed by atoms with van der Waals surface area (Å²) in [5.41, 5.74) is 1.73. The summed E-state index contributed by atoms with van der Waals surface area (Å²) in [5.74, 6) is 0.536. The van der Waals surface area contributed by atoms with Gasteiger partial charge in [0.25, 0.3) is 0 Å². The lowest BCUT2D eigenvalue weighted by Crippen LogP contribution is -2.36. The number of nitrogens with one attached hydrogen (secondary N) is 2. The van der Waals surface area contributed by atoms with Crippen LogP contribution in [0.3, 0.4) is 0 Å². The van der Waals surface area contributed by atoms with E-state index in [1.54, 1.807) is 19.3 Å². The number of ether oxygens (including phenoxy) is 1. The molecule has 0 aliphatic rings. The van der Waals surface area contributed by atoms with Crippen molar-refractivity contribution in [2.45, 2.75) is 33.0 Å². The molecule has 1 aromatic carbocycles. The van der Waals surface area contributed by atoms with Crippen molar-refractivity contribution in [2.24, 2.45) is 4.99 Å². The van der Waals surface area contributed by atoms with Gasteiger partial charge in [0.1, 0.15) is 0 Å². The predicted molar refractivity (Wildman–Crippen MR) is 93.4 cm³/mol. The molecule has 0 aliphatic carbocycles. The third-order valence-electron chi connectivity index (χ3n) is 3.21. The van der Waals surface area contributed by atoms with Crippen LogP contribution in [0.1, 0.15) is 25.1 Å². The lowest BCUT2D eigenvalue weighted by atomic mass is 10.2. The van der Waals surface area contributed by atoms with E-state index in [4.69, 9.17) is 4.74 Å². The van der Waals surface area contributed by atoms with Crippen LogP contribution in [-0.4, -0.2) is 24.1 Å². The quantitative estimate of drug-likeness (QED) is 0.632. The molecule has 0 amide bonds. The number of benzene rings is 1. The molecule has 0 unspecified atom stereocenters. The van der Waals surface area contributed by atoms with E-state index in [0.717, 1.165) is 11.3 Å². The largest absolute Gasteiger partial charge is 0.488 e. The van der Waals surface area contributed by atoms with Crippen molar-refractivity contribution in [3.05, 3.63) is 59.7 Å². The summed E-state index contributed by atoms with van der Waals surface area (Å²) in [6, 6.07) is 10.7. The molecule has 2 rings (SSSR count). The molecule has 0 atom stereocenters. The molecule has 128 valence electrons. The van der Waals surface area contributed by atoms with Crippen molar-refractivity contribution in [2.75, 3.05) is 7.05 Å². The molecular formula is C18H23FN4O. The summed E-state index contributed by atoms with van der Waals surface area (Å²) in [5, 5.41) is 6.31. The Bertz CT molecular complexity index is 674. The lowest BCUT2D eigenvalue weighted by Gasteiger charge is -2.13. The van der Waals surface area contributed by atoms with Crippen LogP contribution in [0.5, 0.6) is 5.75 Å². The third-order valence-corrected chi connectivity index (χ3v) is 3.21. The molecule has 1 heterocycles. The number of hydrogen-bond acceptors (Lipinski definition) is 3. The predicted octanol–water partition coefficient (Wildman–Crippen LogP) is 2.87.